The summed E-state index contributed by atoms with van der Waals surface area (Å²) in [5.41, 5.74) is 1.98. The highest BCUT2D eigenvalue weighted by molar-refractivity contribution is 6.33. The van der Waals surface area contributed by atoms with Gasteiger partial charge in [0.15, 0.2) is 5.60 Å². The fourth-order valence-corrected chi connectivity index (χ4v) is 4.49. The number of anilines is 2. The lowest BCUT2D eigenvalue weighted by Crippen LogP contribution is -2.39. The third kappa shape index (κ3) is 2.67. The number of nitrogens with zero attached hydrogens (tertiary/aromatic N) is 1. The van der Waals surface area contributed by atoms with Crippen molar-refractivity contribution >= 4 is 28.9 Å². The first kappa shape index (κ1) is 18.6. The van der Waals surface area contributed by atoms with Gasteiger partial charge in [0.1, 0.15) is 0 Å². The number of benzene rings is 4. The van der Waals surface area contributed by atoms with Crippen molar-refractivity contribution in [3.8, 4) is 11.1 Å². The van der Waals surface area contributed by atoms with Crippen molar-refractivity contribution in [3.63, 3.8) is 0 Å². The second-order valence-corrected chi connectivity index (χ2v) is 7.64. The quantitative estimate of drug-likeness (QED) is 0.454. The first-order valence-corrected chi connectivity index (χ1v) is 10.1. The van der Waals surface area contributed by atoms with Gasteiger partial charge in [-0.05, 0) is 35.4 Å². The van der Waals surface area contributed by atoms with E-state index in [0.717, 1.165) is 11.1 Å². The Morgan fingerprint density at radius 1 is 0.733 bits per heavy atom. The summed E-state index contributed by atoms with van der Waals surface area (Å²) in [5, 5.41) is 12.4. The van der Waals surface area contributed by atoms with Crippen molar-refractivity contribution in [2.24, 2.45) is 0 Å². The second-order valence-electron chi connectivity index (χ2n) is 7.23. The highest BCUT2D eigenvalue weighted by Crippen LogP contribution is 2.52. The zero-order chi connectivity index (χ0) is 20.7. The van der Waals surface area contributed by atoms with Crippen LogP contribution in [0.25, 0.3) is 11.1 Å². The number of amides is 1. The van der Waals surface area contributed by atoms with Crippen molar-refractivity contribution < 1.29 is 9.90 Å². The van der Waals surface area contributed by atoms with Crippen LogP contribution in [0.3, 0.4) is 0 Å². The summed E-state index contributed by atoms with van der Waals surface area (Å²) in [6.45, 7) is 0. The summed E-state index contributed by atoms with van der Waals surface area (Å²) in [5.74, 6) is -0.444. The number of fused-ring (bicyclic) bond motifs is 1. The third-order valence-corrected chi connectivity index (χ3v) is 5.84. The lowest BCUT2D eigenvalue weighted by atomic mass is 9.82. The van der Waals surface area contributed by atoms with Gasteiger partial charge in [0.25, 0.3) is 5.91 Å². The van der Waals surface area contributed by atoms with Gasteiger partial charge in [0.05, 0.1) is 5.69 Å². The van der Waals surface area contributed by atoms with Crippen LogP contribution in [0, 0.1) is 0 Å². The molecule has 0 bridgehead atoms. The molecule has 4 heteroatoms. The van der Waals surface area contributed by atoms with Crippen LogP contribution in [-0.4, -0.2) is 11.0 Å². The molecule has 1 unspecified atom stereocenters. The Morgan fingerprint density at radius 3 is 2.10 bits per heavy atom. The highest BCUT2D eigenvalue weighted by atomic mass is 35.5. The summed E-state index contributed by atoms with van der Waals surface area (Å²) < 4.78 is 0. The molecule has 0 fully saturated rings. The molecule has 146 valence electrons. The molecule has 0 aliphatic carbocycles. The summed E-state index contributed by atoms with van der Waals surface area (Å²) >= 11 is 6.58. The SMILES string of the molecule is O=C1N(c2ccccc2)c2cccc(Cl)c2C1(O)c1ccccc1-c1ccccc1. The Bertz CT molecular complexity index is 1240. The number of para-hydroxylation sites is 1. The molecule has 0 saturated heterocycles. The maximum absolute atomic E-state index is 13.8. The molecular formula is C26H18ClNO2. The van der Waals surface area contributed by atoms with Gasteiger partial charge in [0, 0.05) is 21.8 Å². The number of hydrogen-bond donors (Lipinski definition) is 1. The van der Waals surface area contributed by atoms with Crippen LogP contribution < -0.4 is 4.90 Å². The molecule has 0 radical (unpaired) electrons. The van der Waals surface area contributed by atoms with E-state index in [0.29, 0.717) is 27.5 Å². The monoisotopic (exact) mass is 411 g/mol. The van der Waals surface area contributed by atoms with Crippen LogP contribution in [0.5, 0.6) is 0 Å². The molecule has 1 atom stereocenters. The topological polar surface area (TPSA) is 40.5 Å². The molecule has 4 aromatic rings. The first-order valence-electron chi connectivity index (χ1n) is 9.68. The minimum atomic E-state index is -1.91. The lowest BCUT2D eigenvalue weighted by molar-refractivity contribution is -0.131. The fraction of sp³-hybridized carbons (Fsp3) is 0.0385. The predicted molar refractivity (Wildman–Crippen MR) is 120 cm³/mol. The molecule has 5 rings (SSSR count). The van der Waals surface area contributed by atoms with Crippen LogP contribution in [0.1, 0.15) is 11.1 Å². The zero-order valence-corrected chi connectivity index (χ0v) is 16.8. The molecule has 1 aliphatic rings. The van der Waals surface area contributed by atoms with E-state index in [-0.39, 0.29) is 0 Å². The first-order chi connectivity index (χ1) is 14.6. The van der Waals surface area contributed by atoms with Gasteiger partial charge in [-0.25, -0.2) is 0 Å². The Balaban J connectivity index is 1.79. The van der Waals surface area contributed by atoms with Gasteiger partial charge in [0.2, 0.25) is 0 Å². The van der Waals surface area contributed by atoms with Gasteiger partial charge in [-0.15, -0.1) is 0 Å². The summed E-state index contributed by atoms with van der Waals surface area (Å²) in [4.78, 5) is 15.4. The smallest absolute Gasteiger partial charge is 0.273 e. The van der Waals surface area contributed by atoms with E-state index in [1.54, 1.807) is 23.1 Å². The molecule has 1 amide bonds. The summed E-state index contributed by atoms with van der Waals surface area (Å²) in [7, 11) is 0. The molecule has 3 nitrogen and oxygen atoms in total. The van der Waals surface area contributed by atoms with Crippen LogP contribution in [0.2, 0.25) is 5.02 Å². The number of hydrogen-bond acceptors (Lipinski definition) is 2. The predicted octanol–water partition coefficient (Wildman–Crippen LogP) is 5.92. The highest BCUT2D eigenvalue weighted by Gasteiger charge is 2.53. The van der Waals surface area contributed by atoms with Crippen LogP contribution in [0.15, 0.2) is 103 Å². The van der Waals surface area contributed by atoms with E-state index in [4.69, 9.17) is 11.6 Å². The number of aliphatic hydroxyl groups is 1. The molecule has 30 heavy (non-hydrogen) atoms. The van der Waals surface area contributed by atoms with Crippen molar-refractivity contribution in [1.82, 2.24) is 0 Å². The van der Waals surface area contributed by atoms with Crippen LogP contribution in [0.4, 0.5) is 11.4 Å². The van der Waals surface area contributed by atoms with Crippen LogP contribution >= 0.6 is 11.6 Å². The van der Waals surface area contributed by atoms with Crippen molar-refractivity contribution in [3.05, 3.63) is 119 Å². The van der Waals surface area contributed by atoms with Crippen LogP contribution in [-0.2, 0) is 10.4 Å². The Kier molecular flexibility index (Phi) is 4.43. The molecule has 0 spiro atoms. The molecule has 0 saturated carbocycles. The Morgan fingerprint density at radius 2 is 1.37 bits per heavy atom. The Labute approximate surface area is 179 Å². The minimum absolute atomic E-state index is 0.352. The number of carbonyl (C=O) groups excluding carboxylic acids is 1. The van der Waals surface area contributed by atoms with Crippen molar-refractivity contribution in [2.45, 2.75) is 5.60 Å². The lowest BCUT2D eigenvalue weighted by Gasteiger charge is -2.26. The zero-order valence-electron chi connectivity index (χ0n) is 16.0. The molecule has 1 N–H and O–H groups in total. The maximum atomic E-state index is 13.8. The van der Waals surface area contributed by atoms with E-state index >= 15 is 0 Å². The summed E-state index contributed by atoms with van der Waals surface area (Å²) in [6, 6.07) is 31.8. The molecule has 1 heterocycles. The third-order valence-electron chi connectivity index (χ3n) is 5.52. The fourth-order valence-electron chi connectivity index (χ4n) is 4.19. The van der Waals surface area contributed by atoms with E-state index in [1.165, 1.54) is 0 Å². The van der Waals surface area contributed by atoms with Gasteiger partial charge >= 0.3 is 0 Å². The number of rotatable bonds is 3. The van der Waals surface area contributed by atoms with Gasteiger partial charge in [-0.1, -0.05) is 90.5 Å². The average Bonchev–Trinajstić information content (AvgIpc) is 3.03. The second kappa shape index (κ2) is 7.13. The molecular weight excluding hydrogens is 394 g/mol. The molecule has 1 aliphatic heterocycles. The van der Waals surface area contributed by atoms with Gasteiger partial charge in [-0.3, -0.25) is 9.69 Å². The average molecular weight is 412 g/mol. The van der Waals surface area contributed by atoms with E-state index in [1.807, 2.05) is 84.9 Å². The summed E-state index contributed by atoms with van der Waals surface area (Å²) in [6.07, 6.45) is 0. The van der Waals surface area contributed by atoms with E-state index in [9.17, 15) is 9.90 Å². The standard InChI is InChI=1S/C26H18ClNO2/c27-22-16-9-17-23-24(22)26(30,25(29)28(23)19-12-5-2-6-13-19)21-15-8-7-14-20(21)18-10-3-1-4-11-18/h1-17,30H. The largest absolute Gasteiger partial charge is 0.372 e. The molecule has 0 aromatic heterocycles. The normalized spacial score (nSPS) is 17.8. The molecule has 4 aromatic carbocycles. The Hall–Kier alpha value is -3.40. The van der Waals surface area contributed by atoms with Gasteiger partial charge < -0.3 is 5.11 Å². The van der Waals surface area contributed by atoms with Gasteiger partial charge in [-0.2, -0.15) is 0 Å². The van der Waals surface area contributed by atoms with E-state index < -0.39 is 11.5 Å². The maximum Gasteiger partial charge on any atom is 0.273 e. The number of halogens is 1. The van der Waals surface area contributed by atoms with Crippen molar-refractivity contribution in [2.75, 3.05) is 4.90 Å². The minimum Gasteiger partial charge on any atom is -0.372 e. The number of carbonyl (C=O) groups is 1. The van der Waals surface area contributed by atoms with E-state index in [2.05, 4.69) is 0 Å². The van der Waals surface area contributed by atoms with Crippen molar-refractivity contribution in [1.29, 1.82) is 0 Å².